The molecule has 0 spiro atoms. The van der Waals surface area contributed by atoms with Crippen molar-refractivity contribution < 1.29 is 13.0 Å². The topological polar surface area (TPSA) is 124 Å². The number of hydrogen-bond donors (Lipinski definition) is 3. The van der Waals surface area contributed by atoms with E-state index >= 15 is 0 Å². The van der Waals surface area contributed by atoms with E-state index in [1.165, 1.54) is 17.9 Å². The zero-order valence-electron chi connectivity index (χ0n) is 8.66. The van der Waals surface area contributed by atoms with Crippen molar-refractivity contribution in [3.63, 3.8) is 0 Å². The fourth-order valence-corrected chi connectivity index (χ4v) is 1.82. The number of anilines is 1. The minimum atomic E-state index is -3.98. The van der Waals surface area contributed by atoms with E-state index in [1.807, 2.05) is 0 Å². The van der Waals surface area contributed by atoms with Crippen LogP contribution in [-0.2, 0) is 10.1 Å². The fraction of sp³-hybridized carbons (Fsp3) is 0.571. The van der Waals surface area contributed by atoms with Crippen LogP contribution < -0.4 is 11.5 Å². The van der Waals surface area contributed by atoms with Gasteiger partial charge in [0.15, 0.2) is 0 Å². The Kier molecular flexibility index (Phi) is 5.26. The molecule has 0 radical (unpaired) electrons. The summed E-state index contributed by atoms with van der Waals surface area (Å²) in [6.45, 7) is 1.61. The number of nitrogens with two attached hydrogens (primary N) is 2. The molecule has 1 atom stereocenters. The normalized spacial score (nSPS) is 12.8. The predicted molar refractivity (Wildman–Crippen MR) is 57.9 cm³/mol. The lowest BCUT2D eigenvalue weighted by Crippen LogP contribution is -2.19. The van der Waals surface area contributed by atoms with Crippen LogP contribution in [-0.4, -0.2) is 35.6 Å². The summed E-state index contributed by atoms with van der Waals surface area (Å²) in [6, 6.07) is 1.09. The molecule has 1 rings (SSSR count). The van der Waals surface area contributed by atoms with Gasteiger partial charge >= 0.3 is 0 Å². The van der Waals surface area contributed by atoms with Crippen LogP contribution in [0.4, 0.5) is 5.82 Å². The molecule has 0 aliphatic heterocycles. The zero-order chi connectivity index (χ0) is 12.1. The van der Waals surface area contributed by atoms with Crippen LogP contribution in [0.5, 0.6) is 0 Å². The lowest BCUT2D eigenvalue weighted by Gasteiger charge is -2.11. The maximum Gasteiger partial charge on any atom is 0.266 e. The molecule has 1 heterocycles. The first-order chi connectivity index (χ1) is 6.90. The SMILES string of the molecule is CC(CS(=O)(=O)O)n1nccc1N.CN. The van der Waals surface area contributed by atoms with E-state index < -0.39 is 21.9 Å². The molecule has 0 saturated heterocycles. The van der Waals surface area contributed by atoms with Crippen molar-refractivity contribution in [3.8, 4) is 0 Å². The van der Waals surface area contributed by atoms with Gasteiger partial charge in [-0.3, -0.25) is 4.55 Å². The van der Waals surface area contributed by atoms with E-state index in [0.717, 1.165) is 0 Å². The second-order valence-corrected chi connectivity index (χ2v) is 4.30. The van der Waals surface area contributed by atoms with Gasteiger partial charge in [-0.15, -0.1) is 0 Å². The Balaban J connectivity index is 0.000000921. The quantitative estimate of drug-likeness (QED) is 0.607. The fourth-order valence-electron chi connectivity index (χ4n) is 1.07. The molecule has 0 amide bonds. The molecule has 15 heavy (non-hydrogen) atoms. The molecule has 0 aliphatic carbocycles. The van der Waals surface area contributed by atoms with Gasteiger partial charge in [0.25, 0.3) is 10.1 Å². The highest BCUT2D eigenvalue weighted by Gasteiger charge is 2.15. The third-order valence-corrected chi connectivity index (χ3v) is 2.47. The van der Waals surface area contributed by atoms with Crippen LogP contribution in [0.2, 0.25) is 0 Å². The number of aromatic nitrogens is 2. The highest BCUT2D eigenvalue weighted by molar-refractivity contribution is 7.85. The first kappa shape index (κ1) is 13.9. The van der Waals surface area contributed by atoms with E-state index in [-0.39, 0.29) is 0 Å². The Hall–Kier alpha value is -1.12. The monoisotopic (exact) mass is 236 g/mol. The maximum absolute atomic E-state index is 10.5. The largest absolute Gasteiger partial charge is 0.384 e. The van der Waals surface area contributed by atoms with E-state index in [2.05, 4.69) is 10.8 Å². The molecule has 0 aliphatic rings. The predicted octanol–water partition coefficient (Wildman–Crippen LogP) is -0.511. The molecule has 0 bridgehead atoms. The molecule has 88 valence electrons. The average Bonchev–Trinajstić information content (AvgIpc) is 2.52. The van der Waals surface area contributed by atoms with Crippen LogP contribution >= 0.6 is 0 Å². The highest BCUT2D eigenvalue weighted by atomic mass is 32.2. The zero-order valence-corrected chi connectivity index (χ0v) is 9.48. The standard InChI is InChI=1S/C6H11N3O3S.CH5N/c1-5(4-13(10,11)12)9-6(7)2-3-8-9;1-2/h2-3,5H,4,7H2,1H3,(H,10,11,12);2H2,1H3. The molecule has 8 heteroatoms. The van der Waals surface area contributed by atoms with Crippen molar-refractivity contribution in [2.24, 2.45) is 5.73 Å². The Morgan fingerprint density at radius 3 is 2.47 bits per heavy atom. The van der Waals surface area contributed by atoms with Crippen molar-refractivity contribution in [1.29, 1.82) is 0 Å². The van der Waals surface area contributed by atoms with Crippen LogP contribution in [0, 0.1) is 0 Å². The van der Waals surface area contributed by atoms with Crippen molar-refractivity contribution in [2.75, 3.05) is 18.5 Å². The first-order valence-corrected chi connectivity index (χ1v) is 5.83. The molecule has 1 aromatic rings. The first-order valence-electron chi connectivity index (χ1n) is 4.22. The summed E-state index contributed by atoms with van der Waals surface area (Å²) in [5, 5.41) is 3.82. The second kappa shape index (κ2) is 5.69. The lowest BCUT2D eigenvalue weighted by atomic mass is 10.4. The number of nitrogens with zero attached hydrogens (tertiary/aromatic N) is 2. The van der Waals surface area contributed by atoms with Gasteiger partial charge in [0.1, 0.15) is 5.82 Å². The van der Waals surface area contributed by atoms with E-state index in [4.69, 9.17) is 10.3 Å². The Labute approximate surface area is 88.8 Å². The molecule has 0 aromatic carbocycles. The minimum Gasteiger partial charge on any atom is -0.384 e. The summed E-state index contributed by atoms with van der Waals surface area (Å²) < 4.78 is 31.0. The molecule has 1 aromatic heterocycles. The molecular formula is C7H16N4O3S. The Morgan fingerprint density at radius 2 is 2.13 bits per heavy atom. The van der Waals surface area contributed by atoms with Gasteiger partial charge in [-0.25, -0.2) is 4.68 Å². The van der Waals surface area contributed by atoms with Crippen LogP contribution in [0.3, 0.4) is 0 Å². The van der Waals surface area contributed by atoms with Gasteiger partial charge in [0, 0.05) is 0 Å². The smallest absolute Gasteiger partial charge is 0.266 e. The number of nitrogen functional groups attached to an aromatic ring is 1. The molecule has 0 saturated carbocycles. The van der Waals surface area contributed by atoms with Crippen molar-refractivity contribution in [3.05, 3.63) is 12.3 Å². The van der Waals surface area contributed by atoms with Crippen LogP contribution in [0.1, 0.15) is 13.0 Å². The molecule has 7 nitrogen and oxygen atoms in total. The van der Waals surface area contributed by atoms with Crippen molar-refractivity contribution in [1.82, 2.24) is 9.78 Å². The van der Waals surface area contributed by atoms with Gasteiger partial charge in [0.2, 0.25) is 0 Å². The lowest BCUT2D eigenvalue weighted by molar-refractivity contribution is 0.458. The van der Waals surface area contributed by atoms with Gasteiger partial charge in [-0.05, 0) is 20.0 Å². The third kappa shape index (κ3) is 4.77. The number of hydrogen-bond acceptors (Lipinski definition) is 5. The van der Waals surface area contributed by atoms with Gasteiger partial charge in [0.05, 0.1) is 18.0 Å². The maximum atomic E-state index is 10.5. The number of rotatable bonds is 3. The van der Waals surface area contributed by atoms with Crippen LogP contribution in [0.25, 0.3) is 0 Å². The van der Waals surface area contributed by atoms with Gasteiger partial charge in [-0.1, -0.05) is 0 Å². The van der Waals surface area contributed by atoms with Gasteiger partial charge in [-0.2, -0.15) is 13.5 Å². The summed E-state index contributed by atoms with van der Waals surface area (Å²) in [7, 11) is -2.48. The summed E-state index contributed by atoms with van der Waals surface area (Å²) in [6.07, 6.45) is 1.47. The molecule has 1 unspecified atom stereocenters. The van der Waals surface area contributed by atoms with Crippen molar-refractivity contribution in [2.45, 2.75) is 13.0 Å². The van der Waals surface area contributed by atoms with Gasteiger partial charge < -0.3 is 11.5 Å². The Bertz CT molecular complexity index is 387. The Morgan fingerprint density at radius 1 is 1.60 bits per heavy atom. The summed E-state index contributed by atoms with van der Waals surface area (Å²) in [5.74, 6) is -0.0186. The molecule has 0 fully saturated rings. The van der Waals surface area contributed by atoms with Crippen molar-refractivity contribution >= 4 is 15.9 Å². The van der Waals surface area contributed by atoms with E-state index in [9.17, 15) is 8.42 Å². The minimum absolute atomic E-state index is 0.371. The average molecular weight is 236 g/mol. The highest BCUT2D eigenvalue weighted by Crippen LogP contribution is 2.11. The van der Waals surface area contributed by atoms with E-state index in [1.54, 1.807) is 13.0 Å². The van der Waals surface area contributed by atoms with Crippen LogP contribution in [0.15, 0.2) is 12.3 Å². The summed E-state index contributed by atoms with van der Waals surface area (Å²) in [5.41, 5.74) is 9.98. The summed E-state index contributed by atoms with van der Waals surface area (Å²) in [4.78, 5) is 0. The molecular weight excluding hydrogens is 220 g/mol. The summed E-state index contributed by atoms with van der Waals surface area (Å²) >= 11 is 0. The molecule has 5 N–H and O–H groups in total. The third-order valence-electron chi connectivity index (χ3n) is 1.57. The van der Waals surface area contributed by atoms with E-state index in [0.29, 0.717) is 5.82 Å². The second-order valence-electron chi connectivity index (χ2n) is 2.80.